The second kappa shape index (κ2) is 7.72. The molecule has 152 valence electrons. The van der Waals surface area contributed by atoms with Crippen LogP contribution in [0.25, 0.3) is 0 Å². The van der Waals surface area contributed by atoms with Crippen LogP contribution in [0.2, 0.25) is 0 Å². The van der Waals surface area contributed by atoms with Crippen molar-refractivity contribution in [3.05, 3.63) is 34.5 Å². The van der Waals surface area contributed by atoms with Crippen molar-refractivity contribution in [1.29, 1.82) is 0 Å². The fourth-order valence-corrected chi connectivity index (χ4v) is 4.88. The summed E-state index contributed by atoms with van der Waals surface area (Å²) in [7, 11) is 5.90. The zero-order valence-corrected chi connectivity index (χ0v) is 16.5. The summed E-state index contributed by atoms with van der Waals surface area (Å²) in [4.78, 5) is 2.13. The molecule has 0 bridgehead atoms. The number of hydrogen-bond donors (Lipinski definition) is 1. The molecule has 2 aromatic rings. The summed E-state index contributed by atoms with van der Waals surface area (Å²) in [6, 6.07) is 3.64. The number of fused-ring (bicyclic) bond motifs is 2. The van der Waals surface area contributed by atoms with Crippen molar-refractivity contribution in [3.8, 4) is 0 Å². The predicted octanol–water partition coefficient (Wildman–Crippen LogP) is 2.70. The number of benzene rings is 1. The zero-order valence-electron chi connectivity index (χ0n) is 16.5. The number of nitrogens with one attached hydrogen (secondary N) is 1. The molecule has 3 aliphatic heterocycles. The Balaban J connectivity index is 1.60. The molecule has 1 fully saturated rings. The molecular weight excluding hydrogens is 373 g/mol. The quantitative estimate of drug-likeness (QED) is 0.808. The maximum Gasteiger partial charge on any atom is 0.263 e. The highest BCUT2D eigenvalue weighted by atomic mass is 19.3. The van der Waals surface area contributed by atoms with Crippen LogP contribution in [0.4, 0.5) is 20.3 Å². The SMILES string of the molecule is [B]c1cc2c(cc1C(F)F)N(c1nn(C3CCOCC3)c3c1CNCC3)CCC2. The van der Waals surface area contributed by atoms with Crippen LogP contribution < -0.4 is 15.7 Å². The van der Waals surface area contributed by atoms with E-state index in [0.717, 1.165) is 82.0 Å². The van der Waals surface area contributed by atoms with Gasteiger partial charge in [0.05, 0.1) is 6.04 Å². The number of aromatic nitrogens is 2. The Labute approximate surface area is 170 Å². The van der Waals surface area contributed by atoms with Crippen LogP contribution in [0.1, 0.15) is 54.1 Å². The van der Waals surface area contributed by atoms with E-state index in [4.69, 9.17) is 17.7 Å². The van der Waals surface area contributed by atoms with Crippen molar-refractivity contribution in [3.63, 3.8) is 0 Å². The summed E-state index contributed by atoms with van der Waals surface area (Å²) in [6.07, 6.45) is 2.07. The van der Waals surface area contributed by atoms with Gasteiger partial charge < -0.3 is 15.0 Å². The van der Waals surface area contributed by atoms with Crippen molar-refractivity contribution < 1.29 is 13.5 Å². The Bertz CT molecular complexity index is 911. The highest BCUT2D eigenvalue weighted by Crippen LogP contribution is 2.39. The van der Waals surface area contributed by atoms with Gasteiger partial charge in [0.2, 0.25) is 0 Å². The Hall–Kier alpha value is -1.93. The van der Waals surface area contributed by atoms with Gasteiger partial charge in [-0.25, -0.2) is 8.78 Å². The highest BCUT2D eigenvalue weighted by Gasteiger charge is 2.31. The number of aryl methyl sites for hydroxylation is 1. The van der Waals surface area contributed by atoms with Crippen LogP contribution in [-0.4, -0.2) is 43.9 Å². The van der Waals surface area contributed by atoms with Crippen LogP contribution in [0.15, 0.2) is 12.1 Å². The predicted molar refractivity (Wildman–Crippen MR) is 109 cm³/mol. The number of nitrogens with zero attached hydrogens (tertiary/aromatic N) is 3. The van der Waals surface area contributed by atoms with E-state index in [1.54, 1.807) is 12.1 Å². The Kier molecular flexibility index (Phi) is 5.08. The van der Waals surface area contributed by atoms with Crippen LogP contribution in [-0.2, 0) is 24.1 Å². The lowest BCUT2D eigenvalue weighted by molar-refractivity contribution is 0.0653. The van der Waals surface area contributed by atoms with E-state index >= 15 is 0 Å². The maximum absolute atomic E-state index is 13.5. The molecule has 4 heterocycles. The number of alkyl halides is 2. The van der Waals surface area contributed by atoms with Gasteiger partial charge in [0.1, 0.15) is 7.85 Å². The van der Waals surface area contributed by atoms with E-state index in [1.165, 1.54) is 11.3 Å². The van der Waals surface area contributed by atoms with E-state index in [0.29, 0.717) is 6.04 Å². The minimum Gasteiger partial charge on any atom is -0.381 e. The molecule has 0 atom stereocenters. The lowest BCUT2D eigenvalue weighted by atomic mass is 9.86. The summed E-state index contributed by atoms with van der Waals surface area (Å²) in [5.74, 6) is 0.907. The maximum atomic E-state index is 13.5. The molecule has 0 amide bonds. The molecule has 1 N–H and O–H groups in total. The minimum atomic E-state index is -2.58. The van der Waals surface area contributed by atoms with Crippen molar-refractivity contribution in [2.45, 2.75) is 51.1 Å². The van der Waals surface area contributed by atoms with E-state index in [2.05, 4.69) is 14.9 Å². The molecule has 3 aliphatic rings. The van der Waals surface area contributed by atoms with Crippen LogP contribution in [0.5, 0.6) is 0 Å². The van der Waals surface area contributed by atoms with Gasteiger partial charge in [-0.2, -0.15) is 5.10 Å². The fraction of sp³-hybridized carbons (Fsp3) is 0.571. The van der Waals surface area contributed by atoms with Crippen molar-refractivity contribution >= 4 is 24.8 Å². The van der Waals surface area contributed by atoms with Gasteiger partial charge in [0.25, 0.3) is 6.43 Å². The monoisotopic (exact) mass is 398 g/mol. The molecule has 1 aromatic heterocycles. The van der Waals surface area contributed by atoms with E-state index in [-0.39, 0.29) is 11.0 Å². The molecule has 8 heteroatoms. The number of anilines is 2. The summed E-state index contributed by atoms with van der Waals surface area (Å²) in [5.41, 5.74) is 4.42. The third-order valence-corrected chi connectivity index (χ3v) is 6.37. The van der Waals surface area contributed by atoms with Crippen molar-refractivity contribution in [1.82, 2.24) is 15.1 Å². The molecule has 0 aliphatic carbocycles. The smallest absolute Gasteiger partial charge is 0.263 e. The van der Waals surface area contributed by atoms with Crippen LogP contribution in [0.3, 0.4) is 0 Å². The lowest BCUT2D eigenvalue weighted by Gasteiger charge is -2.32. The fourth-order valence-electron chi connectivity index (χ4n) is 4.88. The van der Waals surface area contributed by atoms with Crippen LogP contribution in [0, 0.1) is 0 Å². The van der Waals surface area contributed by atoms with E-state index in [1.807, 2.05) is 0 Å². The summed E-state index contributed by atoms with van der Waals surface area (Å²) >= 11 is 0. The second-order valence-corrected chi connectivity index (χ2v) is 8.13. The number of hydrogen-bond acceptors (Lipinski definition) is 4. The topological polar surface area (TPSA) is 42.3 Å². The number of rotatable bonds is 3. The summed E-state index contributed by atoms with van der Waals surface area (Å²) in [6.45, 7) is 3.99. The third-order valence-electron chi connectivity index (χ3n) is 6.37. The Morgan fingerprint density at radius 1 is 1.21 bits per heavy atom. The highest BCUT2D eigenvalue weighted by molar-refractivity contribution is 6.33. The van der Waals surface area contributed by atoms with Gasteiger partial charge in [-0.15, -0.1) is 0 Å². The van der Waals surface area contributed by atoms with Gasteiger partial charge >= 0.3 is 0 Å². The van der Waals surface area contributed by atoms with Crippen LogP contribution >= 0.6 is 0 Å². The molecule has 2 radical (unpaired) electrons. The van der Waals surface area contributed by atoms with Gasteiger partial charge in [0.15, 0.2) is 5.82 Å². The second-order valence-electron chi connectivity index (χ2n) is 8.13. The van der Waals surface area contributed by atoms with Crippen molar-refractivity contribution in [2.75, 3.05) is 31.2 Å². The van der Waals surface area contributed by atoms with Gasteiger partial charge in [-0.1, -0.05) is 11.5 Å². The first-order valence-electron chi connectivity index (χ1n) is 10.5. The molecule has 0 spiro atoms. The molecule has 0 unspecified atom stereocenters. The average molecular weight is 398 g/mol. The minimum absolute atomic E-state index is 0.0912. The summed E-state index contributed by atoms with van der Waals surface area (Å²) < 4.78 is 34.8. The molecule has 29 heavy (non-hydrogen) atoms. The first-order valence-corrected chi connectivity index (χ1v) is 10.5. The molecule has 5 nitrogen and oxygen atoms in total. The Morgan fingerprint density at radius 2 is 2.03 bits per heavy atom. The van der Waals surface area contributed by atoms with Gasteiger partial charge in [-0.3, -0.25) is 4.68 Å². The first kappa shape index (κ1) is 19.1. The Morgan fingerprint density at radius 3 is 2.83 bits per heavy atom. The zero-order chi connectivity index (χ0) is 20.0. The first-order chi connectivity index (χ1) is 14.1. The largest absolute Gasteiger partial charge is 0.381 e. The van der Waals surface area contributed by atoms with E-state index in [9.17, 15) is 8.78 Å². The molecule has 1 aromatic carbocycles. The van der Waals surface area contributed by atoms with Gasteiger partial charge in [0, 0.05) is 61.8 Å². The van der Waals surface area contributed by atoms with Crippen molar-refractivity contribution in [2.24, 2.45) is 0 Å². The average Bonchev–Trinajstić information content (AvgIpc) is 3.13. The molecule has 5 rings (SSSR count). The molecular formula is C21H25BF2N4O. The summed E-state index contributed by atoms with van der Waals surface area (Å²) in [5, 5.41) is 8.52. The molecule has 0 saturated carbocycles. The third kappa shape index (κ3) is 3.36. The molecule has 1 saturated heterocycles. The number of ether oxygens (including phenoxy) is 1. The number of halogens is 2. The van der Waals surface area contributed by atoms with Gasteiger partial charge in [-0.05, 0) is 37.3 Å². The lowest BCUT2D eigenvalue weighted by Crippen LogP contribution is -2.30. The van der Waals surface area contributed by atoms with E-state index < -0.39 is 6.43 Å². The normalized spacial score (nSPS) is 20.0. The standard InChI is InChI=1S/C21H25BF2N4O/c22-17-10-13-2-1-7-27(19(13)11-15(17)20(23)24)21-16-12-25-6-3-18(16)28(26-21)14-4-8-29-9-5-14/h10-11,14,20,25H,1-9,12H2.